The van der Waals surface area contributed by atoms with Crippen molar-refractivity contribution in [2.75, 3.05) is 0 Å². The first kappa shape index (κ1) is 14.1. The van der Waals surface area contributed by atoms with E-state index in [1.54, 1.807) is 0 Å². The van der Waals surface area contributed by atoms with E-state index in [1.807, 2.05) is 0 Å². The van der Waals surface area contributed by atoms with Gasteiger partial charge >= 0.3 is 0 Å². The molecule has 0 amide bonds. The number of Topliss-reactive ketones (excluding diaryl/α,β-unsaturated/α-hetero) is 1. The van der Waals surface area contributed by atoms with E-state index in [0.717, 1.165) is 12.8 Å². The van der Waals surface area contributed by atoms with Gasteiger partial charge in [-0.25, -0.2) is 0 Å². The van der Waals surface area contributed by atoms with Crippen LogP contribution in [0.2, 0.25) is 0 Å². The van der Waals surface area contributed by atoms with E-state index < -0.39 is 0 Å². The first-order chi connectivity index (χ1) is 9.88. The predicted octanol–water partition coefficient (Wildman–Crippen LogP) is 5.36. The van der Waals surface area contributed by atoms with Gasteiger partial charge in [-0.05, 0) is 61.5 Å². The standard InChI is InChI=1S/C19H28O/c20-19-17-13-9-5-1-3-7-11-15(17)16-12-8-4-2-6-10-14-18(16)19/h13-16H,1-12H2/b17-13-,18-14-/t15-,16-/m0/s1. The van der Waals surface area contributed by atoms with E-state index >= 15 is 0 Å². The highest BCUT2D eigenvalue weighted by atomic mass is 16.1. The fraction of sp³-hybridized carbons (Fsp3) is 0.737. The number of rotatable bonds is 0. The Kier molecular flexibility index (Phi) is 4.75. The van der Waals surface area contributed by atoms with Crippen LogP contribution >= 0.6 is 0 Å². The van der Waals surface area contributed by atoms with E-state index in [4.69, 9.17) is 0 Å². The Bertz CT molecular complexity index is 377. The third-order valence-corrected chi connectivity index (χ3v) is 5.48. The summed E-state index contributed by atoms with van der Waals surface area (Å²) >= 11 is 0. The van der Waals surface area contributed by atoms with Gasteiger partial charge in [-0.2, -0.15) is 0 Å². The Morgan fingerprint density at radius 3 is 1.60 bits per heavy atom. The van der Waals surface area contributed by atoms with Gasteiger partial charge in [0.15, 0.2) is 5.78 Å². The smallest absolute Gasteiger partial charge is 0.184 e. The van der Waals surface area contributed by atoms with Gasteiger partial charge < -0.3 is 0 Å². The zero-order valence-electron chi connectivity index (χ0n) is 12.7. The third-order valence-electron chi connectivity index (χ3n) is 5.48. The minimum atomic E-state index is 0.420. The number of hydrogen-bond donors (Lipinski definition) is 0. The van der Waals surface area contributed by atoms with Crippen LogP contribution in [-0.4, -0.2) is 5.78 Å². The number of fused-ring (bicyclic) bond motifs is 3. The Morgan fingerprint density at radius 2 is 1.10 bits per heavy atom. The van der Waals surface area contributed by atoms with Crippen LogP contribution in [0.15, 0.2) is 23.3 Å². The largest absolute Gasteiger partial charge is 0.289 e. The summed E-state index contributed by atoms with van der Waals surface area (Å²) in [6, 6.07) is 0. The van der Waals surface area contributed by atoms with Crippen molar-refractivity contribution in [2.24, 2.45) is 11.8 Å². The van der Waals surface area contributed by atoms with Gasteiger partial charge in [0.2, 0.25) is 0 Å². The zero-order chi connectivity index (χ0) is 13.8. The first-order valence-corrected chi connectivity index (χ1v) is 8.83. The lowest BCUT2D eigenvalue weighted by atomic mass is 9.84. The van der Waals surface area contributed by atoms with Crippen molar-refractivity contribution in [3.63, 3.8) is 0 Å². The second-order valence-corrected chi connectivity index (χ2v) is 6.84. The first-order valence-electron chi connectivity index (χ1n) is 8.83. The Hall–Kier alpha value is -0.850. The average molecular weight is 272 g/mol. The summed E-state index contributed by atoms with van der Waals surface area (Å²) in [6.45, 7) is 0. The molecule has 3 rings (SSSR count). The number of carbonyl (C=O) groups is 1. The normalized spacial score (nSPS) is 37.5. The lowest BCUT2D eigenvalue weighted by Gasteiger charge is -2.20. The molecule has 1 nitrogen and oxygen atoms in total. The van der Waals surface area contributed by atoms with Gasteiger partial charge in [-0.1, -0.05) is 50.7 Å². The van der Waals surface area contributed by atoms with Gasteiger partial charge in [0.1, 0.15) is 0 Å². The lowest BCUT2D eigenvalue weighted by Crippen LogP contribution is -2.10. The molecular formula is C19H28O. The summed E-state index contributed by atoms with van der Waals surface area (Å²) in [5.41, 5.74) is 2.40. The summed E-state index contributed by atoms with van der Waals surface area (Å²) < 4.78 is 0. The van der Waals surface area contributed by atoms with Crippen molar-refractivity contribution in [3.8, 4) is 0 Å². The molecule has 0 N–H and O–H groups in total. The molecule has 0 aliphatic heterocycles. The summed E-state index contributed by atoms with van der Waals surface area (Å²) in [5, 5.41) is 0. The molecule has 1 fully saturated rings. The van der Waals surface area contributed by atoms with Crippen molar-refractivity contribution in [3.05, 3.63) is 23.3 Å². The predicted molar refractivity (Wildman–Crippen MR) is 83.6 cm³/mol. The van der Waals surface area contributed by atoms with Crippen molar-refractivity contribution in [1.29, 1.82) is 0 Å². The molecule has 0 radical (unpaired) electrons. The number of allylic oxidation sites excluding steroid dienone is 4. The Morgan fingerprint density at radius 1 is 0.650 bits per heavy atom. The van der Waals surface area contributed by atoms with Crippen LogP contribution in [0.3, 0.4) is 0 Å². The summed E-state index contributed by atoms with van der Waals surface area (Å²) in [4.78, 5) is 12.8. The fourth-order valence-electron chi connectivity index (χ4n) is 4.38. The van der Waals surface area contributed by atoms with Gasteiger partial charge in [-0.3, -0.25) is 4.79 Å². The van der Waals surface area contributed by atoms with Crippen molar-refractivity contribution in [1.82, 2.24) is 0 Å². The molecule has 0 bridgehead atoms. The molecule has 3 aliphatic carbocycles. The van der Waals surface area contributed by atoms with Crippen molar-refractivity contribution in [2.45, 2.75) is 77.0 Å². The number of carbonyl (C=O) groups excluding carboxylic acids is 1. The molecule has 110 valence electrons. The molecule has 1 heteroatoms. The summed E-state index contributed by atoms with van der Waals surface area (Å²) in [6.07, 6.45) is 19.9. The molecule has 3 aliphatic rings. The minimum absolute atomic E-state index is 0.420. The highest BCUT2D eigenvalue weighted by molar-refractivity contribution is 6.11. The molecule has 0 saturated heterocycles. The number of ketones is 1. The second kappa shape index (κ2) is 6.74. The summed E-state index contributed by atoms with van der Waals surface area (Å²) in [5.74, 6) is 1.54. The van der Waals surface area contributed by atoms with Crippen LogP contribution in [0.5, 0.6) is 0 Å². The molecule has 20 heavy (non-hydrogen) atoms. The van der Waals surface area contributed by atoms with Gasteiger partial charge in [0.25, 0.3) is 0 Å². The van der Waals surface area contributed by atoms with Gasteiger partial charge in [0, 0.05) is 0 Å². The van der Waals surface area contributed by atoms with E-state index in [0.29, 0.717) is 17.6 Å². The van der Waals surface area contributed by atoms with Crippen LogP contribution in [0.1, 0.15) is 77.0 Å². The Labute approximate surface area is 123 Å². The quantitative estimate of drug-likeness (QED) is 0.580. The van der Waals surface area contributed by atoms with Crippen LogP contribution in [0.25, 0.3) is 0 Å². The maximum atomic E-state index is 12.8. The van der Waals surface area contributed by atoms with E-state index in [-0.39, 0.29) is 0 Å². The van der Waals surface area contributed by atoms with Crippen molar-refractivity contribution < 1.29 is 4.79 Å². The topological polar surface area (TPSA) is 17.1 Å². The van der Waals surface area contributed by atoms with E-state index in [9.17, 15) is 4.79 Å². The molecular weight excluding hydrogens is 244 g/mol. The molecule has 1 saturated carbocycles. The fourth-order valence-corrected chi connectivity index (χ4v) is 4.38. The van der Waals surface area contributed by atoms with Gasteiger partial charge in [0.05, 0.1) is 0 Å². The van der Waals surface area contributed by atoms with E-state index in [2.05, 4.69) is 12.2 Å². The highest BCUT2D eigenvalue weighted by Gasteiger charge is 2.40. The molecule has 0 aromatic heterocycles. The average Bonchev–Trinajstić information content (AvgIpc) is 2.81. The maximum absolute atomic E-state index is 12.8. The Balaban J connectivity index is 1.89. The monoisotopic (exact) mass is 272 g/mol. The molecule has 0 spiro atoms. The zero-order valence-corrected chi connectivity index (χ0v) is 12.7. The molecule has 0 unspecified atom stereocenters. The van der Waals surface area contributed by atoms with Crippen LogP contribution in [0, 0.1) is 11.8 Å². The van der Waals surface area contributed by atoms with Crippen molar-refractivity contribution >= 4 is 5.78 Å². The molecule has 2 atom stereocenters. The highest BCUT2D eigenvalue weighted by Crippen LogP contribution is 2.45. The number of hydrogen-bond acceptors (Lipinski definition) is 1. The minimum Gasteiger partial charge on any atom is -0.289 e. The SMILES string of the molecule is O=C1/C2=C\CCCCCC[C@H]2[C@@H]2CCCCCC/C=C\12. The second-order valence-electron chi connectivity index (χ2n) is 6.84. The van der Waals surface area contributed by atoms with Gasteiger partial charge in [-0.15, -0.1) is 0 Å². The van der Waals surface area contributed by atoms with E-state index in [1.165, 1.54) is 75.4 Å². The summed E-state index contributed by atoms with van der Waals surface area (Å²) in [7, 11) is 0. The van der Waals surface area contributed by atoms with Crippen LogP contribution < -0.4 is 0 Å². The third kappa shape index (κ3) is 2.92. The maximum Gasteiger partial charge on any atom is 0.184 e. The van der Waals surface area contributed by atoms with Crippen LogP contribution in [-0.2, 0) is 4.79 Å². The molecule has 0 aromatic carbocycles. The van der Waals surface area contributed by atoms with Crippen LogP contribution in [0.4, 0.5) is 0 Å². The molecule has 0 heterocycles. The molecule has 0 aromatic rings. The lowest BCUT2D eigenvalue weighted by molar-refractivity contribution is -0.111.